The van der Waals surface area contributed by atoms with Crippen LogP contribution in [0.4, 0.5) is 0 Å². The summed E-state index contributed by atoms with van der Waals surface area (Å²) in [4.78, 5) is 39.1. The number of unbranched alkanes of at least 4 members (excludes halogenated alkanes) is 3. The second kappa shape index (κ2) is 19.0. The molecule has 3 N–H and O–H groups in total. The van der Waals surface area contributed by atoms with Gasteiger partial charge in [-0.25, -0.2) is 0 Å². The van der Waals surface area contributed by atoms with Crippen LogP contribution >= 0.6 is 0 Å². The predicted molar refractivity (Wildman–Crippen MR) is 155 cm³/mol. The zero-order chi connectivity index (χ0) is 30.0. The lowest BCUT2D eigenvalue weighted by atomic mass is 9.89. The number of esters is 1. The number of carbonyl (C=O) groups excluding carboxylic acids is 2. The van der Waals surface area contributed by atoms with Gasteiger partial charge in [-0.1, -0.05) is 50.1 Å². The van der Waals surface area contributed by atoms with Gasteiger partial charge in [0.1, 0.15) is 11.9 Å². The van der Waals surface area contributed by atoms with Crippen LogP contribution < -0.4 is 10.2 Å². The lowest BCUT2D eigenvalue weighted by Crippen LogP contribution is -2.22. The van der Waals surface area contributed by atoms with Crippen molar-refractivity contribution in [2.75, 3.05) is 6.54 Å². The van der Waals surface area contributed by atoms with Crippen molar-refractivity contribution in [1.29, 1.82) is 0 Å². The molecule has 10 heteroatoms. The van der Waals surface area contributed by atoms with Gasteiger partial charge in [0.25, 0.3) is 5.09 Å². The number of nitrogens with zero attached hydrogens (tertiary/aromatic N) is 1. The Morgan fingerprint density at radius 1 is 1.10 bits per heavy atom. The van der Waals surface area contributed by atoms with Crippen molar-refractivity contribution < 1.29 is 34.5 Å². The third-order valence-corrected chi connectivity index (χ3v) is 7.28. The third kappa shape index (κ3) is 13.3. The minimum atomic E-state index is -0.861. The number of hydrogen-bond acceptors (Lipinski definition) is 8. The summed E-state index contributed by atoms with van der Waals surface area (Å²) in [5.41, 5.74) is 0.910. The number of aliphatic hydroxyl groups excluding tert-OH is 2. The molecule has 0 unspecified atom stereocenters. The number of amides is 1. The lowest BCUT2D eigenvalue weighted by Gasteiger charge is -2.21. The fourth-order valence-electron chi connectivity index (χ4n) is 5.05. The van der Waals surface area contributed by atoms with Crippen molar-refractivity contribution in [3.63, 3.8) is 0 Å². The second-order valence-corrected chi connectivity index (χ2v) is 10.5. The summed E-state index contributed by atoms with van der Waals surface area (Å²) in [6.07, 6.45) is 12.8. The van der Waals surface area contributed by atoms with E-state index in [1.807, 2.05) is 31.2 Å². The van der Waals surface area contributed by atoms with Gasteiger partial charge in [0.05, 0.1) is 12.2 Å². The molecule has 0 spiro atoms. The maximum absolute atomic E-state index is 12.5. The predicted octanol–water partition coefficient (Wildman–Crippen LogP) is 4.85. The standard InChI is InChI=1S/C31H46N2O8/c1-3-5-8-13-31(37)40-24(17-14-23-15-18-25(19-16-23)41-33(38)39)20-21-27-26(28(34)22-29(27)35)11-9-6-7-10-12-30(36)32-4-2/h6,9,15-16,18-21,24,26-29,34-35H,3-5,7-8,10-14,17,22H2,1-2H3,(H,32,36)/b9-6-,21-20+/t24-,26+,27+,28-,29+/m0/s1. The summed E-state index contributed by atoms with van der Waals surface area (Å²) in [7, 11) is 0. The molecule has 0 saturated heterocycles. The van der Waals surface area contributed by atoms with Crippen molar-refractivity contribution in [1.82, 2.24) is 5.32 Å². The molecule has 1 aliphatic carbocycles. The average Bonchev–Trinajstić information content (AvgIpc) is 3.20. The van der Waals surface area contributed by atoms with Gasteiger partial charge < -0.3 is 20.3 Å². The van der Waals surface area contributed by atoms with Crippen LogP contribution in [-0.4, -0.2) is 52.0 Å². The molecular formula is C31H46N2O8. The maximum atomic E-state index is 12.5. The minimum absolute atomic E-state index is 0.0434. The van der Waals surface area contributed by atoms with Gasteiger partial charge in [-0.05, 0) is 75.1 Å². The van der Waals surface area contributed by atoms with Crippen LogP contribution in [0.3, 0.4) is 0 Å². The lowest BCUT2D eigenvalue weighted by molar-refractivity contribution is -0.711. The van der Waals surface area contributed by atoms with E-state index in [0.717, 1.165) is 37.7 Å². The number of aliphatic hydroxyl groups is 2. The third-order valence-electron chi connectivity index (χ3n) is 7.28. The summed E-state index contributed by atoms with van der Waals surface area (Å²) in [5.74, 6) is -0.557. The van der Waals surface area contributed by atoms with Gasteiger partial charge >= 0.3 is 5.97 Å². The zero-order valence-electron chi connectivity index (χ0n) is 24.3. The van der Waals surface area contributed by atoms with Crippen molar-refractivity contribution >= 4 is 11.9 Å². The molecule has 10 nitrogen and oxygen atoms in total. The van der Waals surface area contributed by atoms with E-state index < -0.39 is 23.4 Å². The van der Waals surface area contributed by atoms with Gasteiger partial charge in [-0.3, -0.25) is 14.4 Å². The summed E-state index contributed by atoms with van der Waals surface area (Å²) in [5, 5.41) is 33.7. The van der Waals surface area contributed by atoms with Crippen LogP contribution in [-0.2, 0) is 20.7 Å². The molecule has 0 heterocycles. The molecule has 41 heavy (non-hydrogen) atoms. The highest BCUT2D eigenvalue weighted by Gasteiger charge is 2.39. The van der Waals surface area contributed by atoms with Gasteiger partial charge in [0.2, 0.25) is 5.91 Å². The molecule has 2 rings (SSSR count). The van der Waals surface area contributed by atoms with E-state index in [1.54, 1.807) is 12.1 Å². The molecular weight excluding hydrogens is 528 g/mol. The highest BCUT2D eigenvalue weighted by atomic mass is 17.0. The van der Waals surface area contributed by atoms with E-state index in [4.69, 9.17) is 4.74 Å². The van der Waals surface area contributed by atoms with E-state index in [0.29, 0.717) is 38.6 Å². The number of ether oxygens (including phenoxy) is 1. The van der Waals surface area contributed by atoms with Crippen molar-refractivity contribution in [3.05, 3.63) is 64.2 Å². The Hall–Kier alpha value is -3.24. The average molecular weight is 575 g/mol. The SMILES string of the molecule is CCCCCC(=O)O[C@H](/C=C/[C@@H]1[C@@H](C/C=C\CCCC(=O)NCC)[C@@H](O)C[C@H]1O)CCc1ccc(O[N+](=O)[O-])cc1. The normalized spacial score (nSPS) is 21.3. The Kier molecular flexibility index (Phi) is 15.7. The molecule has 0 aromatic heterocycles. The van der Waals surface area contributed by atoms with E-state index in [2.05, 4.69) is 17.1 Å². The van der Waals surface area contributed by atoms with Crippen LogP contribution in [0.5, 0.6) is 5.75 Å². The summed E-state index contributed by atoms with van der Waals surface area (Å²) < 4.78 is 5.78. The van der Waals surface area contributed by atoms with E-state index in [-0.39, 0.29) is 35.9 Å². The molecule has 0 radical (unpaired) electrons. The smallest absolute Gasteiger partial charge is 0.306 e. The molecule has 1 amide bonds. The Labute approximate surface area is 242 Å². The van der Waals surface area contributed by atoms with Gasteiger partial charge in [-0.2, -0.15) is 0 Å². The van der Waals surface area contributed by atoms with Crippen LogP contribution in [0.2, 0.25) is 0 Å². The molecule has 1 fully saturated rings. The first kappa shape index (κ1) is 34.0. The number of rotatable bonds is 19. The number of benzene rings is 1. The Morgan fingerprint density at radius 2 is 1.85 bits per heavy atom. The summed E-state index contributed by atoms with van der Waals surface area (Å²) in [6, 6.07) is 6.51. The topological polar surface area (TPSA) is 148 Å². The van der Waals surface area contributed by atoms with E-state index >= 15 is 0 Å². The molecule has 0 aliphatic heterocycles. The molecule has 0 bridgehead atoms. The van der Waals surface area contributed by atoms with Gasteiger partial charge in [-0.15, -0.1) is 10.1 Å². The largest absolute Gasteiger partial charge is 0.458 e. The molecule has 1 aromatic rings. The van der Waals surface area contributed by atoms with Crippen molar-refractivity contribution in [3.8, 4) is 5.75 Å². The van der Waals surface area contributed by atoms with Gasteiger partial charge in [0, 0.05) is 31.7 Å². The highest BCUT2D eigenvalue weighted by Crippen LogP contribution is 2.36. The molecule has 1 saturated carbocycles. The first-order valence-electron chi connectivity index (χ1n) is 14.8. The van der Waals surface area contributed by atoms with Crippen LogP contribution in [0.1, 0.15) is 83.6 Å². The number of nitrogens with one attached hydrogen (secondary N) is 1. The fourth-order valence-corrected chi connectivity index (χ4v) is 5.05. The van der Waals surface area contributed by atoms with Crippen LogP contribution in [0.25, 0.3) is 0 Å². The Morgan fingerprint density at radius 3 is 2.54 bits per heavy atom. The zero-order valence-corrected chi connectivity index (χ0v) is 24.3. The Bertz CT molecular complexity index is 994. The highest BCUT2D eigenvalue weighted by molar-refractivity contribution is 5.75. The second-order valence-electron chi connectivity index (χ2n) is 10.5. The maximum Gasteiger partial charge on any atom is 0.306 e. The number of carbonyl (C=O) groups is 2. The number of hydrogen-bond donors (Lipinski definition) is 3. The molecule has 1 aliphatic rings. The Balaban J connectivity index is 2.01. The van der Waals surface area contributed by atoms with Crippen LogP contribution in [0.15, 0.2) is 48.6 Å². The number of aryl methyl sites for hydroxylation is 1. The molecule has 228 valence electrons. The van der Waals surface area contributed by atoms with Crippen LogP contribution in [0, 0.1) is 22.0 Å². The fraction of sp³-hybridized carbons (Fsp3) is 0.613. The summed E-state index contributed by atoms with van der Waals surface area (Å²) >= 11 is 0. The summed E-state index contributed by atoms with van der Waals surface area (Å²) in [6.45, 7) is 4.58. The molecule has 5 atom stereocenters. The first-order valence-corrected chi connectivity index (χ1v) is 14.8. The van der Waals surface area contributed by atoms with E-state index in [9.17, 15) is 29.9 Å². The quantitative estimate of drug-likeness (QED) is 0.0698. The van der Waals surface area contributed by atoms with E-state index in [1.165, 1.54) is 12.1 Å². The van der Waals surface area contributed by atoms with Gasteiger partial charge in [0.15, 0.2) is 0 Å². The minimum Gasteiger partial charge on any atom is -0.458 e. The van der Waals surface area contributed by atoms with Crippen molar-refractivity contribution in [2.45, 2.75) is 103 Å². The van der Waals surface area contributed by atoms with Crippen molar-refractivity contribution in [2.24, 2.45) is 11.8 Å². The monoisotopic (exact) mass is 574 g/mol. The molecule has 1 aromatic carbocycles. The number of allylic oxidation sites excluding steroid dienone is 2. The first-order chi connectivity index (χ1) is 19.7.